The third-order valence-corrected chi connectivity index (χ3v) is 4.59. The summed E-state index contributed by atoms with van der Waals surface area (Å²) in [5, 5.41) is 2.95. The van der Waals surface area contributed by atoms with Crippen molar-refractivity contribution >= 4 is 11.9 Å². The lowest BCUT2D eigenvalue weighted by molar-refractivity contribution is -0.122. The Kier molecular flexibility index (Phi) is 4.99. The van der Waals surface area contributed by atoms with Gasteiger partial charge in [0, 0.05) is 25.2 Å². The average Bonchev–Trinajstić information content (AvgIpc) is 2.75. The molecule has 0 saturated carbocycles. The Morgan fingerprint density at radius 3 is 2.24 bits per heavy atom. The van der Waals surface area contributed by atoms with Crippen LogP contribution in [-0.4, -0.2) is 42.1 Å². The highest BCUT2D eigenvalue weighted by Crippen LogP contribution is 2.43. The Morgan fingerprint density at radius 2 is 1.66 bits per heavy atom. The molecule has 0 atom stereocenters. The third-order valence-electron chi connectivity index (χ3n) is 4.59. The van der Waals surface area contributed by atoms with Crippen LogP contribution < -0.4 is 19.7 Å². The van der Waals surface area contributed by atoms with Crippen LogP contribution in [0.4, 0.5) is 5.95 Å². The molecule has 8 heteroatoms. The van der Waals surface area contributed by atoms with Crippen LogP contribution in [0.3, 0.4) is 0 Å². The maximum absolute atomic E-state index is 13.2. The molecule has 0 bridgehead atoms. The van der Waals surface area contributed by atoms with E-state index in [9.17, 15) is 4.79 Å². The Labute approximate surface area is 168 Å². The summed E-state index contributed by atoms with van der Waals surface area (Å²) in [6, 6.07) is 15.3. The molecule has 1 aliphatic rings. The second kappa shape index (κ2) is 7.75. The number of carbonyl (C=O) groups is 1. The third kappa shape index (κ3) is 3.69. The van der Waals surface area contributed by atoms with Gasteiger partial charge in [0.25, 0.3) is 0 Å². The van der Waals surface area contributed by atoms with Crippen LogP contribution in [-0.2, 0) is 11.3 Å². The lowest BCUT2D eigenvalue weighted by atomic mass is 9.87. The van der Waals surface area contributed by atoms with E-state index in [2.05, 4.69) is 20.3 Å². The standard InChI is InChI=1S/C21H21N5O3/c1-26(2)20-23-17(24-21(25-20)28-3)12-22-19(27)18-13-8-4-6-10-15(13)29-16-11-7-5-9-14(16)18/h4-11,18H,12H2,1-3H3,(H,22,27). The van der Waals surface area contributed by atoms with Gasteiger partial charge in [-0.15, -0.1) is 0 Å². The van der Waals surface area contributed by atoms with Gasteiger partial charge in [0.2, 0.25) is 11.9 Å². The predicted octanol–water partition coefficient (Wildman–Crippen LogP) is 2.50. The summed E-state index contributed by atoms with van der Waals surface area (Å²) >= 11 is 0. The molecule has 0 fully saturated rings. The first kappa shape index (κ1) is 18.7. The number of carbonyl (C=O) groups excluding carboxylic acids is 1. The minimum Gasteiger partial charge on any atom is -0.467 e. The summed E-state index contributed by atoms with van der Waals surface area (Å²) in [4.78, 5) is 27.7. The number of methoxy groups -OCH3 is 1. The molecule has 148 valence electrons. The van der Waals surface area contributed by atoms with Crippen LogP contribution in [0.5, 0.6) is 17.5 Å². The molecule has 0 unspecified atom stereocenters. The number of hydrogen-bond donors (Lipinski definition) is 1. The molecule has 2 heterocycles. The van der Waals surface area contributed by atoms with E-state index in [0.29, 0.717) is 23.3 Å². The molecule has 4 rings (SSSR count). The SMILES string of the molecule is COc1nc(CNC(=O)C2c3ccccc3Oc3ccccc32)nc(N(C)C)n1. The molecule has 0 radical (unpaired) electrons. The van der Waals surface area contributed by atoms with Crippen molar-refractivity contribution in [1.29, 1.82) is 0 Å². The van der Waals surface area contributed by atoms with E-state index in [0.717, 1.165) is 11.1 Å². The Bertz CT molecular complexity index is 1010. The van der Waals surface area contributed by atoms with Gasteiger partial charge in [0.1, 0.15) is 11.5 Å². The lowest BCUT2D eigenvalue weighted by Gasteiger charge is -2.27. The van der Waals surface area contributed by atoms with Gasteiger partial charge in [-0.3, -0.25) is 4.79 Å². The van der Waals surface area contributed by atoms with E-state index in [4.69, 9.17) is 9.47 Å². The number of aromatic nitrogens is 3. The maximum atomic E-state index is 13.2. The first-order chi connectivity index (χ1) is 14.1. The number of nitrogens with one attached hydrogen (secondary N) is 1. The minimum absolute atomic E-state index is 0.153. The van der Waals surface area contributed by atoms with Crippen molar-refractivity contribution in [3.8, 4) is 17.5 Å². The molecule has 8 nitrogen and oxygen atoms in total. The van der Waals surface area contributed by atoms with Gasteiger partial charge < -0.3 is 19.7 Å². The fraction of sp³-hybridized carbons (Fsp3) is 0.238. The molecular formula is C21H21N5O3. The molecule has 1 aliphatic heterocycles. The van der Waals surface area contributed by atoms with Crippen molar-refractivity contribution in [2.45, 2.75) is 12.5 Å². The van der Waals surface area contributed by atoms with E-state index in [1.165, 1.54) is 7.11 Å². The summed E-state index contributed by atoms with van der Waals surface area (Å²) in [5.74, 6) is 1.61. The van der Waals surface area contributed by atoms with Crippen LogP contribution in [0.1, 0.15) is 22.9 Å². The number of rotatable bonds is 5. The highest BCUT2D eigenvalue weighted by molar-refractivity contribution is 5.89. The summed E-state index contributed by atoms with van der Waals surface area (Å²) in [5.41, 5.74) is 1.65. The fourth-order valence-electron chi connectivity index (χ4n) is 3.22. The molecule has 0 saturated heterocycles. The minimum atomic E-state index is -0.479. The zero-order valence-electron chi connectivity index (χ0n) is 16.4. The molecule has 1 amide bonds. The van der Waals surface area contributed by atoms with Crippen molar-refractivity contribution in [2.75, 3.05) is 26.1 Å². The number of anilines is 1. The smallest absolute Gasteiger partial charge is 0.321 e. The van der Waals surface area contributed by atoms with Crippen molar-refractivity contribution in [2.24, 2.45) is 0 Å². The highest BCUT2D eigenvalue weighted by atomic mass is 16.5. The number of ether oxygens (including phenoxy) is 2. The first-order valence-electron chi connectivity index (χ1n) is 9.16. The monoisotopic (exact) mass is 391 g/mol. The highest BCUT2D eigenvalue weighted by Gasteiger charge is 2.32. The van der Waals surface area contributed by atoms with Crippen LogP contribution in [0.15, 0.2) is 48.5 Å². The van der Waals surface area contributed by atoms with E-state index in [1.807, 2.05) is 62.6 Å². The summed E-state index contributed by atoms with van der Waals surface area (Å²) < 4.78 is 11.1. The summed E-state index contributed by atoms with van der Waals surface area (Å²) in [6.07, 6.45) is 0. The first-order valence-corrected chi connectivity index (χ1v) is 9.16. The lowest BCUT2D eigenvalue weighted by Crippen LogP contribution is -2.32. The number of amides is 1. The van der Waals surface area contributed by atoms with E-state index >= 15 is 0 Å². The molecule has 0 aliphatic carbocycles. The Balaban J connectivity index is 1.61. The average molecular weight is 391 g/mol. The van der Waals surface area contributed by atoms with Gasteiger partial charge in [-0.1, -0.05) is 36.4 Å². The van der Waals surface area contributed by atoms with Gasteiger partial charge in [-0.2, -0.15) is 15.0 Å². The Hall–Kier alpha value is -3.68. The summed E-state index contributed by atoms with van der Waals surface area (Å²) in [7, 11) is 5.15. The Morgan fingerprint density at radius 1 is 1.03 bits per heavy atom. The number of nitrogens with zero attached hydrogens (tertiary/aromatic N) is 4. The second-order valence-corrected chi connectivity index (χ2v) is 6.76. The van der Waals surface area contributed by atoms with E-state index in [1.54, 1.807) is 4.90 Å². The number of para-hydroxylation sites is 2. The maximum Gasteiger partial charge on any atom is 0.321 e. The van der Waals surface area contributed by atoms with Crippen molar-refractivity contribution < 1.29 is 14.3 Å². The molecule has 1 aromatic heterocycles. The topological polar surface area (TPSA) is 89.5 Å². The predicted molar refractivity (Wildman–Crippen MR) is 107 cm³/mol. The van der Waals surface area contributed by atoms with Gasteiger partial charge >= 0.3 is 6.01 Å². The molecular weight excluding hydrogens is 370 g/mol. The zero-order valence-corrected chi connectivity index (χ0v) is 16.4. The van der Waals surface area contributed by atoms with Crippen molar-refractivity contribution in [3.05, 3.63) is 65.5 Å². The fourth-order valence-corrected chi connectivity index (χ4v) is 3.22. The van der Waals surface area contributed by atoms with E-state index in [-0.39, 0.29) is 18.5 Å². The number of hydrogen-bond acceptors (Lipinski definition) is 7. The quantitative estimate of drug-likeness (QED) is 0.715. The van der Waals surface area contributed by atoms with Crippen LogP contribution >= 0.6 is 0 Å². The zero-order chi connectivity index (χ0) is 20.4. The van der Waals surface area contributed by atoms with Crippen LogP contribution in [0.2, 0.25) is 0 Å². The van der Waals surface area contributed by atoms with Crippen LogP contribution in [0, 0.1) is 0 Å². The van der Waals surface area contributed by atoms with Crippen LogP contribution in [0.25, 0.3) is 0 Å². The van der Waals surface area contributed by atoms with Gasteiger partial charge in [-0.25, -0.2) is 0 Å². The number of fused-ring (bicyclic) bond motifs is 2. The van der Waals surface area contributed by atoms with Gasteiger partial charge in [0.05, 0.1) is 19.6 Å². The van der Waals surface area contributed by atoms with E-state index < -0.39 is 5.92 Å². The molecule has 0 spiro atoms. The van der Waals surface area contributed by atoms with Crippen molar-refractivity contribution in [1.82, 2.24) is 20.3 Å². The number of benzene rings is 2. The molecule has 1 N–H and O–H groups in total. The largest absolute Gasteiger partial charge is 0.467 e. The molecule has 3 aromatic rings. The molecule has 29 heavy (non-hydrogen) atoms. The van der Waals surface area contributed by atoms with Gasteiger partial charge in [0.15, 0.2) is 5.82 Å². The van der Waals surface area contributed by atoms with Crippen molar-refractivity contribution in [3.63, 3.8) is 0 Å². The summed E-state index contributed by atoms with van der Waals surface area (Å²) in [6.45, 7) is 0.153. The van der Waals surface area contributed by atoms with Gasteiger partial charge in [-0.05, 0) is 12.1 Å². The second-order valence-electron chi connectivity index (χ2n) is 6.76. The normalized spacial score (nSPS) is 12.4. The molecule has 2 aromatic carbocycles.